The molecule has 0 fully saturated rings. The summed E-state index contributed by atoms with van der Waals surface area (Å²) in [5.41, 5.74) is 1.27. The number of fused-ring (bicyclic) bond motifs is 1. The van der Waals surface area contributed by atoms with Crippen molar-refractivity contribution >= 4 is 17.4 Å². The largest absolute Gasteiger partial charge is 0.524 e. The van der Waals surface area contributed by atoms with Crippen LogP contribution in [0.1, 0.15) is 0 Å². The van der Waals surface area contributed by atoms with Crippen LogP contribution in [0.15, 0.2) is 29.2 Å². The number of benzene rings is 1. The predicted molar refractivity (Wildman–Crippen MR) is 49.9 cm³/mol. The molecule has 0 saturated carbocycles. The van der Waals surface area contributed by atoms with E-state index < -0.39 is 0 Å². The standard InChI is InChI=1S/C9H10NS/c1-10-6-7-11-9-5-3-2-4-8(9)10/h2-5H,1,6-7H2/q-1. The molecule has 1 aromatic rings. The Morgan fingerprint density at radius 1 is 1.36 bits per heavy atom. The van der Waals surface area contributed by atoms with E-state index in [1.165, 1.54) is 10.6 Å². The Morgan fingerprint density at radius 3 is 3.00 bits per heavy atom. The van der Waals surface area contributed by atoms with Crippen molar-refractivity contribution in [2.24, 2.45) is 0 Å². The molecule has 58 valence electrons. The van der Waals surface area contributed by atoms with Crippen LogP contribution in [0.25, 0.3) is 0 Å². The maximum atomic E-state index is 3.96. The van der Waals surface area contributed by atoms with E-state index >= 15 is 0 Å². The zero-order valence-corrected chi connectivity index (χ0v) is 7.10. The van der Waals surface area contributed by atoms with E-state index in [1.54, 1.807) is 0 Å². The number of rotatable bonds is 0. The number of hydrogen-bond acceptors (Lipinski definition) is 2. The molecule has 0 spiro atoms. The van der Waals surface area contributed by atoms with Gasteiger partial charge >= 0.3 is 0 Å². The molecule has 0 atom stereocenters. The lowest BCUT2D eigenvalue weighted by Gasteiger charge is -2.33. The summed E-state index contributed by atoms with van der Waals surface area (Å²) in [6, 6.07) is 8.40. The molecule has 11 heavy (non-hydrogen) atoms. The van der Waals surface area contributed by atoms with Crippen molar-refractivity contribution in [1.29, 1.82) is 0 Å². The van der Waals surface area contributed by atoms with Gasteiger partial charge in [-0.3, -0.25) is 7.05 Å². The van der Waals surface area contributed by atoms with Gasteiger partial charge in [-0.25, -0.2) is 0 Å². The van der Waals surface area contributed by atoms with Crippen LogP contribution in [-0.4, -0.2) is 12.3 Å². The van der Waals surface area contributed by atoms with Crippen molar-refractivity contribution < 1.29 is 0 Å². The molecule has 0 aliphatic carbocycles. The third-order valence-corrected chi connectivity index (χ3v) is 2.87. The molecule has 2 heteroatoms. The van der Waals surface area contributed by atoms with Gasteiger partial charge in [-0.2, -0.15) is 0 Å². The summed E-state index contributed by atoms with van der Waals surface area (Å²) in [6.07, 6.45) is 0. The topological polar surface area (TPSA) is 3.24 Å². The van der Waals surface area contributed by atoms with Gasteiger partial charge in [-0.05, 0) is 18.7 Å². The first-order valence-electron chi connectivity index (χ1n) is 3.68. The van der Waals surface area contributed by atoms with E-state index in [0.29, 0.717) is 0 Å². The monoisotopic (exact) mass is 164 g/mol. The first-order valence-corrected chi connectivity index (χ1v) is 4.66. The van der Waals surface area contributed by atoms with Crippen LogP contribution in [0, 0.1) is 7.05 Å². The lowest BCUT2D eigenvalue weighted by molar-refractivity contribution is 0.986. The minimum absolute atomic E-state index is 1.06. The third kappa shape index (κ3) is 1.23. The van der Waals surface area contributed by atoms with Crippen LogP contribution < -0.4 is 4.90 Å². The van der Waals surface area contributed by atoms with E-state index in [4.69, 9.17) is 0 Å². The maximum Gasteiger partial charge on any atom is 0.0281 e. The molecule has 1 aliphatic rings. The number of anilines is 1. The lowest BCUT2D eigenvalue weighted by atomic mass is 10.3. The Labute approximate surface area is 71.4 Å². The fourth-order valence-electron chi connectivity index (χ4n) is 1.23. The molecule has 0 aromatic heterocycles. The highest BCUT2D eigenvalue weighted by Gasteiger charge is 2.07. The summed E-state index contributed by atoms with van der Waals surface area (Å²) in [7, 11) is 3.96. The Balaban J connectivity index is 2.44. The van der Waals surface area contributed by atoms with E-state index in [2.05, 4.69) is 36.2 Å². The van der Waals surface area contributed by atoms with E-state index in [1.807, 2.05) is 11.8 Å². The summed E-state index contributed by atoms with van der Waals surface area (Å²) in [4.78, 5) is 3.42. The highest BCUT2D eigenvalue weighted by atomic mass is 32.2. The quantitative estimate of drug-likeness (QED) is 0.542. The van der Waals surface area contributed by atoms with Gasteiger partial charge in [0.25, 0.3) is 0 Å². The van der Waals surface area contributed by atoms with Crippen molar-refractivity contribution in [2.75, 3.05) is 17.2 Å². The van der Waals surface area contributed by atoms with E-state index in [-0.39, 0.29) is 0 Å². The minimum Gasteiger partial charge on any atom is -0.524 e. The first-order chi connectivity index (χ1) is 5.38. The maximum absolute atomic E-state index is 3.96. The normalized spacial score (nSPS) is 16.3. The van der Waals surface area contributed by atoms with Crippen molar-refractivity contribution in [2.45, 2.75) is 4.90 Å². The summed E-state index contributed by atoms with van der Waals surface area (Å²) in [5, 5.41) is 0. The number of para-hydroxylation sites is 1. The molecule has 0 amide bonds. The summed E-state index contributed by atoms with van der Waals surface area (Å²) < 4.78 is 0. The second-order valence-electron chi connectivity index (χ2n) is 2.58. The van der Waals surface area contributed by atoms with Crippen LogP contribution in [0.5, 0.6) is 0 Å². The molecule has 0 unspecified atom stereocenters. The Hall–Kier alpha value is -0.630. The molecule has 0 bridgehead atoms. The molecule has 1 heterocycles. The van der Waals surface area contributed by atoms with Gasteiger partial charge in [-0.1, -0.05) is 12.1 Å². The van der Waals surface area contributed by atoms with Crippen molar-refractivity contribution in [1.82, 2.24) is 0 Å². The SMILES string of the molecule is [CH2-]N1CCSc2ccccc21. The highest BCUT2D eigenvalue weighted by Crippen LogP contribution is 2.33. The molecular weight excluding hydrogens is 154 g/mol. The Kier molecular flexibility index (Phi) is 1.78. The van der Waals surface area contributed by atoms with E-state index in [9.17, 15) is 0 Å². The fourth-order valence-corrected chi connectivity index (χ4v) is 2.28. The second-order valence-corrected chi connectivity index (χ2v) is 3.72. The molecule has 2 rings (SSSR count). The first kappa shape index (κ1) is 7.04. The van der Waals surface area contributed by atoms with Gasteiger partial charge in [0.1, 0.15) is 0 Å². The summed E-state index contributed by atoms with van der Waals surface area (Å²) in [5.74, 6) is 1.15. The Bertz CT molecular complexity index is 259. The smallest absolute Gasteiger partial charge is 0.0281 e. The highest BCUT2D eigenvalue weighted by molar-refractivity contribution is 7.99. The molecule has 0 radical (unpaired) electrons. The summed E-state index contributed by atoms with van der Waals surface area (Å²) in [6.45, 7) is 1.06. The second kappa shape index (κ2) is 2.78. The molecule has 0 saturated heterocycles. The van der Waals surface area contributed by atoms with Gasteiger partial charge < -0.3 is 4.90 Å². The lowest BCUT2D eigenvalue weighted by Crippen LogP contribution is -2.21. The number of hydrogen-bond donors (Lipinski definition) is 0. The van der Waals surface area contributed by atoms with Gasteiger partial charge in [0, 0.05) is 16.3 Å². The summed E-state index contributed by atoms with van der Waals surface area (Å²) >= 11 is 1.91. The van der Waals surface area contributed by atoms with Crippen LogP contribution in [0.4, 0.5) is 5.69 Å². The minimum atomic E-state index is 1.06. The van der Waals surface area contributed by atoms with Crippen molar-refractivity contribution in [3.63, 3.8) is 0 Å². The van der Waals surface area contributed by atoms with Gasteiger partial charge in [-0.15, -0.1) is 11.8 Å². The fraction of sp³-hybridized carbons (Fsp3) is 0.222. The van der Waals surface area contributed by atoms with Crippen LogP contribution in [0.3, 0.4) is 0 Å². The third-order valence-electron chi connectivity index (χ3n) is 1.82. The van der Waals surface area contributed by atoms with Crippen molar-refractivity contribution in [3.8, 4) is 0 Å². The van der Waals surface area contributed by atoms with Crippen LogP contribution in [-0.2, 0) is 0 Å². The van der Waals surface area contributed by atoms with Gasteiger partial charge in [0.15, 0.2) is 0 Å². The number of nitrogens with zero attached hydrogens (tertiary/aromatic N) is 1. The average molecular weight is 164 g/mol. The predicted octanol–water partition coefficient (Wildman–Crippen LogP) is 2.39. The molecule has 1 nitrogen and oxygen atoms in total. The zero-order chi connectivity index (χ0) is 7.68. The van der Waals surface area contributed by atoms with Crippen LogP contribution >= 0.6 is 11.8 Å². The Morgan fingerprint density at radius 2 is 2.18 bits per heavy atom. The molecule has 0 N–H and O–H groups in total. The molecule has 1 aliphatic heterocycles. The molecular formula is C9H10NS-. The number of thioether (sulfide) groups is 1. The van der Waals surface area contributed by atoms with Gasteiger partial charge in [0.05, 0.1) is 0 Å². The van der Waals surface area contributed by atoms with Gasteiger partial charge in [0.2, 0.25) is 0 Å². The van der Waals surface area contributed by atoms with Crippen molar-refractivity contribution in [3.05, 3.63) is 31.3 Å². The van der Waals surface area contributed by atoms with E-state index in [0.717, 1.165) is 12.3 Å². The zero-order valence-electron chi connectivity index (χ0n) is 6.29. The average Bonchev–Trinajstić information content (AvgIpc) is 2.06. The molecule has 1 aromatic carbocycles. The van der Waals surface area contributed by atoms with Crippen LogP contribution in [0.2, 0.25) is 0 Å².